The smallest absolute Gasteiger partial charge is 0.227 e. The third-order valence-corrected chi connectivity index (χ3v) is 4.46. The van der Waals surface area contributed by atoms with Crippen LogP contribution in [0.3, 0.4) is 0 Å². The molecule has 1 aromatic carbocycles. The molecule has 0 spiro atoms. The van der Waals surface area contributed by atoms with E-state index in [1.54, 1.807) is 7.11 Å². The van der Waals surface area contributed by atoms with Crippen molar-refractivity contribution in [3.63, 3.8) is 0 Å². The van der Waals surface area contributed by atoms with Crippen LogP contribution in [0.5, 0.6) is 5.75 Å². The molecule has 6 nitrogen and oxygen atoms in total. The Hall–Kier alpha value is -2.63. The van der Waals surface area contributed by atoms with E-state index >= 15 is 0 Å². The molecule has 2 aromatic rings. The van der Waals surface area contributed by atoms with E-state index in [2.05, 4.69) is 20.2 Å². The molecule has 0 radical (unpaired) electrons. The van der Waals surface area contributed by atoms with Crippen LogP contribution in [0.4, 0.5) is 11.6 Å². The molecule has 6 heteroatoms. The van der Waals surface area contributed by atoms with Gasteiger partial charge in [0.2, 0.25) is 11.9 Å². The van der Waals surface area contributed by atoms with Crippen LogP contribution in [0.25, 0.3) is 0 Å². The number of rotatable bonds is 4. The maximum atomic E-state index is 12.5. The second-order valence-corrected chi connectivity index (χ2v) is 6.43. The van der Waals surface area contributed by atoms with Crippen LogP contribution in [0.15, 0.2) is 30.3 Å². The molecule has 1 amide bonds. The first-order valence-electron chi connectivity index (χ1n) is 8.57. The summed E-state index contributed by atoms with van der Waals surface area (Å²) in [6.45, 7) is 5.54. The topological polar surface area (TPSA) is 67.3 Å². The third kappa shape index (κ3) is 4.26. The molecular weight excluding hydrogens is 316 g/mol. The number of piperidine rings is 1. The fraction of sp³-hybridized carbons (Fsp3) is 0.421. The van der Waals surface area contributed by atoms with Gasteiger partial charge in [-0.1, -0.05) is 6.07 Å². The largest absolute Gasteiger partial charge is 0.497 e. The van der Waals surface area contributed by atoms with Crippen LogP contribution >= 0.6 is 0 Å². The number of hydrogen-bond acceptors (Lipinski definition) is 5. The van der Waals surface area contributed by atoms with E-state index in [1.165, 1.54) is 0 Å². The average Bonchev–Trinajstić information content (AvgIpc) is 2.61. The molecule has 1 N–H and O–H groups in total. The Kier molecular flexibility index (Phi) is 5.16. The molecule has 1 aromatic heterocycles. The van der Waals surface area contributed by atoms with Gasteiger partial charge in [-0.05, 0) is 44.9 Å². The maximum absolute atomic E-state index is 12.5. The van der Waals surface area contributed by atoms with Crippen molar-refractivity contribution < 1.29 is 9.53 Å². The summed E-state index contributed by atoms with van der Waals surface area (Å²) in [4.78, 5) is 23.7. The molecule has 132 valence electrons. The number of methoxy groups -OCH3 is 1. The Balaban J connectivity index is 1.58. The van der Waals surface area contributed by atoms with Crippen molar-refractivity contribution in [3.05, 3.63) is 41.7 Å². The Morgan fingerprint density at radius 3 is 2.48 bits per heavy atom. The van der Waals surface area contributed by atoms with Gasteiger partial charge in [0.1, 0.15) is 5.75 Å². The van der Waals surface area contributed by atoms with Crippen molar-refractivity contribution in [2.45, 2.75) is 26.7 Å². The zero-order chi connectivity index (χ0) is 17.8. The van der Waals surface area contributed by atoms with Crippen molar-refractivity contribution in [2.75, 3.05) is 30.4 Å². The van der Waals surface area contributed by atoms with Gasteiger partial charge in [0, 0.05) is 42.1 Å². The molecular formula is C19H24N4O2. The van der Waals surface area contributed by atoms with E-state index in [-0.39, 0.29) is 11.8 Å². The first-order valence-corrected chi connectivity index (χ1v) is 8.57. The zero-order valence-electron chi connectivity index (χ0n) is 15.0. The van der Waals surface area contributed by atoms with Crippen LogP contribution in [0, 0.1) is 19.8 Å². The van der Waals surface area contributed by atoms with Gasteiger partial charge in [-0.25, -0.2) is 9.97 Å². The fourth-order valence-electron chi connectivity index (χ4n) is 3.14. The highest BCUT2D eigenvalue weighted by Crippen LogP contribution is 2.23. The number of hydrogen-bond donors (Lipinski definition) is 1. The monoisotopic (exact) mass is 340 g/mol. The number of benzene rings is 1. The highest BCUT2D eigenvalue weighted by molar-refractivity contribution is 5.92. The summed E-state index contributed by atoms with van der Waals surface area (Å²) in [5.41, 5.74) is 2.71. The lowest BCUT2D eigenvalue weighted by atomic mass is 9.96. The lowest BCUT2D eigenvalue weighted by Crippen LogP contribution is -2.39. The number of carbonyl (C=O) groups is 1. The van der Waals surface area contributed by atoms with Crippen LogP contribution in [0.2, 0.25) is 0 Å². The molecule has 0 saturated carbocycles. The molecule has 1 fully saturated rings. The quantitative estimate of drug-likeness (QED) is 0.927. The highest BCUT2D eigenvalue weighted by Gasteiger charge is 2.26. The molecule has 0 aliphatic carbocycles. The SMILES string of the molecule is COc1cccc(NC(=O)C2CCN(c3nc(C)cc(C)n3)CC2)c1. The highest BCUT2D eigenvalue weighted by atomic mass is 16.5. The zero-order valence-corrected chi connectivity index (χ0v) is 15.0. The molecule has 3 rings (SSSR count). The molecule has 2 heterocycles. The second kappa shape index (κ2) is 7.51. The summed E-state index contributed by atoms with van der Waals surface area (Å²) in [5, 5.41) is 2.99. The normalized spacial score (nSPS) is 15.1. The van der Waals surface area contributed by atoms with E-state index in [0.717, 1.165) is 54.7 Å². The summed E-state index contributed by atoms with van der Waals surface area (Å²) in [6.07, 6.45) is 1.60. The van der Waals surface area contributed by atoms with Gasteiger partial charge in [0.15, 0.2) is 0 Å². The summed E-state index contributed by atoms with van der Waals surface area (Å²) in [6, 6.07) is 9.40. The minimum Gasteiger partial charge on any atom is -0.497 e. The molecule has 0 unspecified atom stereocenters. The number of carbonyl (C=O) groups excluding carboxylic acids is 1. The Labute approximate surface area is 148 Å². The predicted octanol–water partition coefficient (Wildman–Crippen LogP) is 2.96. The number of aryl methyl sites for hydroxylation is 2. The van der Waals surface area contributed by atoms with E-state index in [9.17, 15) is 4.79 Å². The minimum atomic E-state index is 0.00774. The van der Waals surface area contributed by atoms with Crippen LogP contribution in [0.1, 0.15) is 24.2 Å². The van der Waals surface area contributed by atoms with Crippen molar-refractivity contribution in [1.82, 2.24) is 9.97 Å². The molecule has 0 atom stereocenters. The number of anilines is 2. The first-order chi connectivity index (χ1) is 12.0. The number of ether oxygens (including phenoxy) is 1. The van der Waals surface area contributed by atoms with Gasteiger partial charge < -0.3 is 15.0 Å². The van der Waals surface area contributed by atoms with Gasteiger partial charge >= 0.3 is 0 Å². The molecule has 1 aliphatic heterocycles. The van der Waals surface area contributed by atoms with Gasteiger partial charge in [-0.2, -0.15) is 0 Å². The van der Waals surface area contributed by atoms with Crippen molar-refractivity contribution >= 4 is 17.5 Å². The lowest BCUT2D eigenvalue weighted by molar-refractivity contribution is -0.120. The van der Waals surface area contributed by atoms with E-state index in [1.807, 2.05) is 44.2 Å². The van der Waals surface area contributed by atoms with Gasteiger partial charge in [-0.15, -0.1) is 0 Å². The first kappa shape index (κ1) is 17.2. The second-order valence-electron chi connectivity index (χ2n) is 6.43. The van der Waals surface area contributed by atoms with Gasteiger partial charge in [0.05, 0.1) is 7.11 Å². The summed E-state index contributed by atoms with van der Waals surface area (Å²) in [5.74, 6) is 1.58. The van der Waals surface area contributed by atoms with Gasteiger partial charge in [-0.3, -0.25) is 4.79 Å². The van der Waals surface area contributed by atoms with Crippen molar-refractivity contribution in [3.8, 4) is 5.75 Å². The number of nitrogens with one attached hydrogen (secondary N) is 1. The number of aromatic nitrogens is 2. The molecule has 1 aliphatic rings. The average molecular weight is 340 g/mol. The molecule has 0 bridgehead atoms. The molecule has 25 heavy (non-hydrogen) atoms. The summed E-state index contributed by atoms with van der Waals surface area (Å²) in [7, 11) is 1.62. The van der Waals surface area contributed by atoms with Crippen LogP contribution < -0.4 is 15.0 Å². The number of nitrogens with zero attached hydrogens (tertiary/aromatic N) is 3. The Morgan fingerprint density at radius 1 is 1.16 bits per heavy atom. The Morgan fingerprint density at radius 2 is 1.84 bits per heavy atom. The van der Waals surface area contributed by atoms with Crippen molar-refractivity contribution in [1.29, 1.82) is 0 Å². The van der Waals surface area contributed by atoms with Crippen molar-refractivity contribution in [2.24, 2.45) is 5.92 Å². The van der Waals surface area contributed by atoms with Crippen LogP contribution in [-0.2, 0) is 4.79 Å². The van der Waals surface area contributed by atoms with Crippen LogP contribution in [-0.4, -0.2) is 36.1 Å². The fourth-order valence-corrected chi connectivity index (χ4v) is 3.14. The predicted molar refractivity (Wildman–Crippen MR) is 98.1 cm³/mol. The Bertz CT molecular complexity index is 735. The molecule has 1 saturated heterocycles. The minimum absolute atomic E-state index is 0.00774. The van der Waals surface area contributed by atoms with E-state index in [0.29, 0.717) is 0 Å². The summed E-state index contributed by atoms with van der Waals surface area (Å²) < 4.78 is 5.19. The maximum Gasteiger partial charge on any atom is 0.227 e. The van der Waals surface area contributed by atoms with Gasteiger partial charge in [0.25, 0.3) is 0 Å². The standard InChI is InChI=1S/C19H24N4O2/c1-13-11-14(2)21-19(20-13)23-9-7-15(8-10-23)18(24)22-16-5-4-6-17(12-16)25-3/h4-6,11-12,15H,7-10H2,1-3H3,(H,22,24). The summed E-state index contributed by atoms with van der Waals surface area (Å²) >= 11 is 0. The number of amides is 1. The van der Waals surface area contributed by atoms with E-state index in [4.69, 9.17) is 4.74 Å². The van der Waals surface area contributed by atoms with E-state index < -0.39 is 0 Å². The third-order valence-electron chi connectivity index (χ3n) is 4.46. The lowest BCUT2D eigenvalue weighted by Gasteiger charge is -2.31.